The van der Waals surface area contributed by atoms with Crippen molar-refractivity contribution < 1.29 is 52.2 Å². The zero-order valence-corrected chi connectivity index (χ0v) is 48.5. The second-order valence-electron chi connectivity index (χ2n) is 20.2. The third-order valence-electron chi connectivity index (χ3n) is 12.9. The van der Waals surface area contributed by atoms with Gasteiger partial charge in [0.1, 0.15) is 12.7 Å². The summed E-state index contributed by atoms with van der Waals surface area (Å²) in [4.78, 5) is 48.6. The maximum Gasteiger partial charge on any atom is 0.472 e. The summed E-state index contributed by atoms with van der Waals surface area (Å²) in [5.74, 6) is -1.48. The van der Waals surface area contributed by atoms with Gasteiger partial charge in [0.25, 0.3) is 0 Å². The lowest BCUT2D eigenvalue weighted by Crippen LogP contribution is -2.30. The summed E-state index contributed by atoms with van der Waals surface area (Å²) < 4.78 is 39.5. The van der Waals surface area contributed by atoms with Crippen molar-refractivity contribution in [2.24, 2.45) is 0 Å². The number of ether oxygens (including phenoxy) is 3. The highest BCUT2D eigenvalue weighted by Crippen LogP contribution is 2.43. The van der Waals surface area contributed by atoms with Crippen molar-refractivity contribution in [3.63, 3.8) is 0 Å². The van der Waals surface area contributed by atoms with Gasteiger partial charge in [0.05, 0.1) is 19.8 Å². The number of allylic oxidation sites excluding steroid dienone is 10. The third kappa shape index (κ3) is 54.0. The van der Waals surface area contributed by atoms with Crippen LogP contribution in [-0.2, 0) is 42.2 Å². The van der Waals surface area contributed by atoms with Crippen LogP contribution in [0.25, 0.3) is 0 Å². The predicted molar refractivity (Wildman–Crippen MR) is 307 cm³/mol. The summed E-state index contributed by atoms with van der Waals surface area (Å²) in [6, 6.07) is 0. The fraction of sp³-hybridized carbons (Fsp3) is 0.790. The molecule has 0 aliphatic rings. The molecule has 0 amide bonds. The molecule has 11 nitrogen and oxygen atoms in total. The number of aliphatic hydroxyl groups excluding tert-OH is 1. The van der Waals surface area contributed by atoms with E-state index in [0.29, 0.717) is 19.3 Å². The summed E-state index contributed by atoms with van der Waals surface area (Å²) >= 11 is 0. The Labute approximate surface area is 453 Å². The van der Waals surface area contributed by atoms with Crippen molar-refractivity contribution in [2.45, 2.75) is 290 Å². The summed E-state index contributed by atoms with van der Waals surface area (Å²) in [7, 11) is -4.75. The summed E-state index contributed by atoms with van der Waals surface area (Å²) in [5.41, 5.74) is 0. The van der Waals surface area contributed by atoms with E-state index in [-0.39, 0.29) is 25.9 Å². The molecule has 0 fully saturated rings. The minimum Gasteiger partial charge on any atom is -0.462 e. The van der Waals surface area contributed by atoms with E-state index in [1.807, 2.05) is 0 Å². The van der Waals surface area contributed by atoms with Crippen molar-refractivity contribution in [3.05, 3.63) is 60.8 Å². The number of phosphoric acid groups is 1. The van der Waals surface area contributed by atoms with E-state index in [2.05, 4.69) is 81.5 Å². The normalized spacial score (nSPS) is 13.7. The zero-order valence-electron chi connectivity index (χ0n) is 47.6. The van der Waals surface area contributed by atoms with Gasteiger partial charge in [0.15, 0.2) is 6.10 Å². The molecule has 0 aromatic carbocycles. The van der Waals surface area contributed by atoms with Gasteiger partial charge in [-0.1, -0.05) is 216 Å². The molecular formula is C62H111O11P. The van der Waals surface area contributed by atoms with E-state index in [0.717, 1.165) is 103 Å². The first kappa shape index (κ1) is 71.2. The van der Waals surface area contributed by atoms with Crippen LogP contribution in [-0.4, -0.2) is 66.5 Å². The fourth-order valence-electron chi connectivity index (χ4n) is 8.22. The van der Waals surface area contributed by atoms with E-state index >= 15 is 0 Å². The number of hydrogen-bond acceptors (Lipinski definition) is 10. The first-order chi connectivity index (χ1) is 36.2. The number of hydrogen-bond donors (Lipinski definition) is 2. The Morgan fingerprint density at radius 3 is 1.05 bits per heavy atom. The van der Waals surface area contributed by atoms with Crippen LogP contribution < -0.4 is 0 Å². The number of carbonyl (C=O) groups is 3. The molecule has 0 aliphatic carbocycles. The number of esters is 3. The molecule has 0 aromatic rings. The molecule has 430 valence electrons. The number of rotatable bonds is 56. The molecule has 2 N–H and O–H groups in total. The van der Waals surface area contributed by atoms with Crippen molar-refractivity contribution in [1.29, 1.82) is 0 Å². The van der Waals surface area contributed by atoms with Gasteiger partial charge in [0, 0.05) is 19.3 Å². The molecule has 0 aromatic heterocycles. The molecule has 74 heavy (non-hydrogen) atoms. The van der Waals surface area contributed by atoms with Crippen LogP contribution in [0.1, 0.15) is 278 Å². The maximum atomic E-state index is 12.9. The van der Waals surface area contributed by atoms with Gasteiger partial charge in [-0.2, -0.15) is 0 Å². The standard InChI is InChI=1S/C62H111O11P/c1-4-7-10-13-16-19-22-24-26-28-29-31-33-35-38-41-44-47-50-53-62(66)73-59(55-69-60(64)51-48-45-42-39-37-34-32-30-27-25-23-20-17-14-11-8-5-2)57-71-74(67,68)70-56-58(54-63)72-61(65)52-49-46-43-40-36-21-18-15-12-9-6-3/h15-20,24-27,58-59,63H,4-14,21-23,28-57H2,1-3H3,(H,67,68)/b18-15-,19-16-,20-17-,26-24-,27-25-. The van der Waals surface area contributed by atoms with Crippen LogP contribution in [0, 0.1) is 0 Å². The van der Waals surface area contributed by atoms with E-state index in [1.54, 1.807) is 0 Å². The maximum absolute atomic E-state index is 12.9. The Morgan fingerprint density at radius 2 is 0.676 bits per heavy atom. The highest BCUT2D eigenvalue weighted by molar-refractivity contribution is 7.47. The van der Waals surface area contributed by atoms with E-state index in [4.69, 9.17) is 23.3 Å². The molecule has 0 radical (unpaired) electrons. The van der Waals surface area contributed by atoms with Gasteiger partial charge in [0.2, 0.25) is 0 Å². The lowest BCUT2D eigenvalue weighted by Gasteiger charge is -2.21. The SMILES string of the molecule is CCCC/C=C\CCCCCCCC(=O)OC(CO)COP(=O)(O)OCC(COC(=O)CCCCCCCCC/C=C\C/C=C\CCCCC)OC(=O)CCCCCCCCCCC/C=C\C/C=C\CCCCC. The minimum atomic E-state index is -4.75. The Balaban J connectivity index is 4.72. The zero-order chi connectivity index (χ0) is 54.1. The Bertz CT molecular complexity index is 1470. The number of unbranched alkanes of at least 4 members (excludes halogenated alkanes) is 29. The van der Waals surface area contributed by atoms with Crippen molar-refractivity contribution in [3.8, 4) is 0 Å². The molecule has 0 aliphatic heterocycles. The average molecular weight is 1060 g/mol. The number of aliphatic hydroxyl groups is 1. The molecule has 12 heteroatoms. The molecule has 0 bridgehead atoms. The molecule has 0 rings (SSSR count). The molecule has 0 saturated heterocycles. The van der Waals surface area contributed by atoms with Crippen LogP contribution in [0.3, 0.4) is 0 Å². The van der Waals surface area contributed by atoms with Crippen LogP contribution in [0.2, 0.25) is 0 Å². The summed E-state index contributed by atoms with van der Waals surface area (Å²) in [5, 5.41) is 9.80. The van der Waals surface area contributed by atoms with Crippen LogP contribution >= 0.6 is 7.82 Å². The molecule has 0 spiro atoms. The molecule has 0 saturated carbocycles. The second-order valence-corrected chi connectivity index (χ2v) is 21.6. The fourth-order valence-corrected chi connectivity index (χ4v) is 9.01. The monoisotopic (exact) mass is 1060 g/mol. The van der Waals surface area contributed by atoms with Gasteiger partial charge in [-0.05, 0) is 103 Å². The summed E-state index contributed by atoms with van der Waals surface area (Å²) in [6.45, 7) is 4.56. The van der Waals surface area contributed by atoms with Crippen molar-refractivity contribution >= 4 is 25.7 Å². The second kappa shape index (κ2) is 56.4. The van der Waals surface area contributed by atoms with Gasteiger partial charge in [-0.25, -0.2) is 4.57 Å². The highest BCUT2D eigenvalue weighted by atomic mass is 31.2. The van der Waals surface area contributed by atoms with Gasteiger partial charge in [-0.15, -0.1) is 0 Å². The molecule has 0 heterocycles. The van der Waals surface area contributed by atoms with E-state index in [9.17, 15) is 28.9 Å². The average Bonchev–Trinajstić information content (AvgIpc) is 3.39. The third-order valence-corrected chi connectivity index (χ3v) is 13.8. The van der Waals surface area contributed by atoms with E-state index < -0.39 is 57.8 Å². The quantitative estimate of drug-likeness (QED) is 0.0197. The van der Waals surface area contributed by atoms with E-state index in [1.165, 1.54) is 116 Å². The summed E-state index contributed by atoms with van der Waals surface area (Å²) in [6.07, 6.45) is 61.7. The van der Waals surface area contributed by atoms with Crippen LogP contribution in [0.5, 0.6) is 0 Å². The topological polar surface area (TPSA) is 155 Å². The van der Waals surface area contributed by atoms with Crippen molar-refractivity contribution in [1.82, 2.24) is 0 Å². The number of carbonyl (C=O) groups excluding carboxylic acids is 3. The van der Waals surface area contributed by atoms with Gasteiger partial charge >= 0.3 is 25.7 Å². The van der Waals surface area contributed by atoms with Crippen molar-refractivity contribution in [2.75, 3.05) is 26.4 Å². The van der Waals surface area contributed by atoms with Gasteiger partial charge < -0.3 is 24.2 Å². The Kier molecular flexibility index (Phi) is 54.2. The molecule has 3 atom stereocenters. The molecular weight excluding hydrogens is 952 g/mol. The Morgan fingerprint density at radius 1 is 0.378 bits per heavy atom. The van der Waals surface area contributed by atoms with Crippen LogP contribution in [0.15, 0.2) is 60.8 Å². The first-order valence-electron chi connectivity index (χ1n) is 30.2. The first-order valence-corrected chi connectivity index (χ1v) is 31.7. The smallest absolute Gasteiger partial charge is 0.462 e. The lowest BCUT2D eigenvalue weighted by atomic mass is 10.1. The molecule has 3 unspecified atom stereocenters. The van der Waals surface area contributed by atoms with Crippen LogP contribution in [0.4, 0.5) is 0 Å². The highest BCUT2D eigenvalue weighted by Gasteiger charge is 2.28. The predicted octanol–water partition coefficient (Wildman–Crippen LogP) is 17.9. The largest absolute Gasteiger partial charge is 0.472 e. The van der Waals surface area contributed by atoms with Gasteiger partial charge in [-0.3, -0.25) is 23.4 Å². The lowest BCUT2D eigenvalue weighted by molar-refractivity contribution is -0.161. The number of phosphoric ester groups is 1. The minimum absolute atomic E-state index is 0.161. The Hall–Kier alpha value is -2.82.